The topological polar surface area (TPSA) is 64.4 Å². The third kappa shape index (κ3) is 3.62. The average Bonchev–Trinajstić information content (AvgIpc) is 3.25. The molecule has 2 heterocycles. The van der Waals surface area contributed by atoms with E-state index in [1.807, 2.05) is 55.5 Å². The number of rotatable bonds is 6. The Bertz CT molecular complexity index is 1130. The summed E-state index contributed by atoms with van der Waals surface area (Å²) >= 11 is 0. The van der Waals surface area contributed by atoms with Crippen LogP contribution in [0.3, 0.4) is 0 Å². The minimum atomic E-state index is -3.67. The van der Waals surface area contributed by atoms with Gasteiger partial charge in [-0.25, -0.2) is 8.42 Å². The van der Waals surface area contributed by atoms with E-state index in [1.54, 1.807) is 18.5 Å². The van der Waals surface area contributed by atoms with Gasteiger partial charge in [0.2, 0.25) is 0 Å². The molecule has 1 aromatic heterocycles. The van der Waals surface area contributed by atoms with Crippen molar-refractivity contribution in [3.8, 4) is 5.75 Å². The van der Waals surface area contributed by atoms with Crippen LogP contribution in [-0.4, -0.2) is 31.3 Å². The zero-order chi connectivity index (χ0) is 20.6. The summed E-state index contributed by atoms with van der Waals surface area (Å²) in [6, 6.07) is 15.5. The molecule has 0 saturated carbocycles. The van der Waals surface area contributed by atoms with E-state index in [0.29, 0.717) is 36.0 Å². The van der Waals surface area contributed by atoms with Crippen LogP contribution in [0.15, 0.2) is 53.4 Å². The zero-order valence-corrected chi connectivity index (χ0v) is 17.7. The van der Waals surface area contributed by atoms with E-state index in [1.165, 1.54) is 9.87 Å². The summed E-state index contributed by atoms with van der Waals surface area (Å²) in [6.45, 7) is 6.94. The second kappa shape index (κ2) is 7.55. The van der Waals surface area contributed by atoms with Gasteiger partial charge in [0, 0.05) is 6.54 Å². The number of hydrogen-bond donors (Lipinski definition) is 0. The first kappa shape index (κ1) is 19.5. The molecule has 1 aliphatic heterocycles. The fourth-order valence-corrected chi connectivity index (χ4v) is 5.71. The number of fused-ring (bicyclic) bond motifs is 1. The van der Waals surface area contributed by atoms with Crippen molar-refractivity contribution < 1.29 is 13.2 Å². The Morgan fingerprint density at radius 1 is 1.03 bits per heavy atom. The Morgan fingerprint density at radius 3 is 2.52 bits per heavy atom. The molecule has 0 unspecified atom stereocenters. The average molecular weight is 412 g/mol. The minimum Gasteiger partial charge on any atom is -0.492 e. The smallest absolute Gasteiger partial charge is 0.268 e. The fraction of sp³-hybridized carbons (Fsp3) is 0.318. The van der Waals surface area contributed by atoms with E-state index in [9.17, 15) is 8.42 Å². The van der Waals surface area contributed by atoms with E-state index < -0.39 is 10.0 Å². The van der Waals surface area contributed by atoms with Crippen molar-refractivity contribution in [1.82, 2.24) is 9.78 Å². The number of nitrogens with zero attached hydrogens (tertiary/aromatic N) is 3. The fourth-order valence-electron chi connectivity index (χ4n) is 3.82. The molecule has 0 spiro atoms. The molecule has 7 heteroatoms. The Hall–Kier alpha value is -2.80. The highest BCUT2D eigenvalue weighted by Gasteiger charge is 2.34. The van der Waals surface area contributed by atoms with Crippen molar-refractivity contribution in [3.63, 3.8) is 0 Å². The molecule has 1 aliphatic rings. The summed E-state index contributed by atoms with van der Waals surface area (Å²) in [5.74, 6) is 0.790. The summed E-state index contributed by atoms with van der Waals surface area (Å²) in [6.07, 6.45) is 0.728. The molecular formula is C22H25N3O3S. The van der Waals surface area contributed by atoms with Gasteiger partial charge in [0.1, 0.15) is 17.3 Å². The van der Waals surface area contributed by atoms with Crippen LogP contribution in [0.5, 0.6) is 5.75 Å². The Labute approximate surface area is 171 Å². The van der Waals surface area contributed by atoms with Gasteiger partial charge in [0.05, 0.1) is 23.6 Å². The van der Waals surface area contributed by atoms with Gasteiger partial charge in [0.15, 0.2) is 0 Å². The summed E-state index contributed by atoms with van der Waals surface area (Å²) < 4.78 is 35.8. The molecule has 0 saturated heterocycles. The van der Waals surface area contributed by atoms with Gasteiger partial charge in [-0.15, -0.1) is 0 Å². The monoisotopic (exact) mass is 411 g/mol. The zero-order valence-electron chi connectivity index (χ0n) is 16.9. The van der Waals surface area contributed by atoms with E-state index in [-0.39, 0.29) is 0 Å². The second-order valence-corrected chi connectivity index (χ2v) is 9.14. The first-order valence-corrected chi connectivity index (χ1v) is 11.2. The number of aromatic nitrogens is 2. The Kier molecular flexibility index (Phi) is 5.08. The SMILES string of the molecule is Cc1ccc(OCCn2nc(C)c(S(=O)(=O)N3CCc4ccccc43)c2C)cc1. The van der Waals surface area contributed by atoms with Crippen LogP contribution in [0, 0.1) is 20.8 Å². The molecule has 0 bridgehead atoms. The maximum absolute atomic E-state index is 13.4. The number of ether oxygens (including phenoxy) is 1. The maximum atomic E-state index is 13.4. The molecule has 29 heavy (non-hydrogen) atoms. The minimum absolute atomic E-state index is 0.296. The Balaban J connectivity index is 1.55. The van der Waals surface area contributed by atoms with Crippen molar-refractivity contribution in [2.24, 2.45) is 0 Å². The normalized spacial score (nSPS) is 13.6. The van der Waals surface area contributed by atoms with Crippen molar-refractivity contribution in [1.29, 1.82) is 0 Å². The first-order valence-electron chi connectivity index (χ1n) is 9.72. The van der Waals surface area contributed by atoms with Gasteiger partial charge in [-0.3, -0.25) is 8.99 Å². The summed E-state index contributed by atoms with van der Waals surface area (Å²) in [7, 11) is -3.67. The van der Waals surface area contributed by atoms with E-state index >= 15 is 0 Å². The van der Waals surface area contributed by atoms with Crippen LogP contribution < -0.4 is 9.04 Å². The predicted octanol–water partition coefficient (Wildman–Crippen LogP) is 3.64. The van der Waals surface area contributed by atoms with E-state index in [0.717, 1.165) is 23.4 Å². The largest absolute Gasteiger partial charge is 0.492 e. The molecule has 0 N–H and O–H groups in total. The van der Waals surface area contributed by atoms with Crippen LogP contribution in [0.25, 0.3) is 0 Å². The highest BCUT2D eigenvalue weighted by Crippen LogP contribution is 2.34. The van der Waals surface area contributed by atoms with Gasteiger partial charge in [-0.05, 0) is 51.0 Å². The molecule has 0 aliphatic carbocycles. The highest BCUT2D eigenvalue weighted by atomic mass is 32.2. The molecule has 0 atom stereocenters. The van der Waals surface area contributed by atoms with E-state index in [4.69, 9.17) is 4.74 Å². The van der Waals surface area contributed by atoms with Crippen LogP contribution in [0.2, 0.25) is 0 Å². The van der Waals surface area contributed by atoms with Gasteiger partial charge in [-0.1, -0.05) is 35.9 Å². The van der Waals surface area contributed by atoms with Crippen molar-refractivity contribution >= 4 is 15.7 Å². The third-order valence-corrected chi connectivity index (χ3v) is 7.37. The van der Waals surface area contributed by atoms with Crippen molar-refractivity contribution in [2.45, 2.75) is 38.6 Å². The van der Waals surface area contributed by atoms with Crippen LogP contribution in [0.4, 0.5) is 5.69 Å². The van der Waals surface area contributed by atoms with Gasteiger partial charge in [0.25, 0.3) is 10.0 Å². The lowest BCUT2D eigenvalue weighted by Gasteiger charge is -2.19. The second-order valence-electron chi connectivity index (χ2n) is 7.34. The summed E-state index contributed by atoms with van der Waals surface area (Å²) in [5.41, 5.74) is 4.16. The number of benzene rings is 2. The van der Waals surface area contributed by atoms with Gasteiger partial charge >= 0.3 is 0 Å². The molecule has 0 amide bonds. The molecule has 2 aromatic carbocycles. The number of anilines is 1. The molecule has 4 rings (SSSR count). The number of sulfonamides is 1. The van der Waals surface area contributed by atoms with E-state index in [2.05, 4.69) is 5.10 Å². The Morgan fingerprint density at radius 2 is 1.76 bits per heavy atom. The van der Waals surface area contributed by atoms with Crippen molar-refractivity contribution in [2.75, 3.05) is 17.5 Å². The van der Waals surface area contributed by atoms with Crippen molar-refractivity contribution in [3.05, 3.63) is 71.0 Å². The molecule has 6 nitrogen and oxygen atoms in total. The first-order chi connectivity index (χ1) is 13.9. The number of para-hydroxylation sites is 1. The molecule has 3 aromatic rings. The highest BCUT2D eigenvalue weighted by molar-refractivity contribution is 7.93. The molecule has 0 radical (unpaired) electrons. The lowest BCUT2D eigenvalue weighted by atomic mass is 10.2. The number of aryl methyl sites for hydroxylation is 2. The molecular weight excluding hydrogens is 386 g/mol. The molecule has 0 fully saturated rings. The quantitative estimate of drug-likeness (QED) is 0.621. The standard InChI is InChI=1S/C22H25N3O3S/c1-16-8-10-20(11-9-16)28-15-14-24-18(3)22(17(2)23-24)29(26,27)25-13-12-19-6-4-5-7-21(19)25/h4-11H,12-15H2,1-3H3. The van der Waals surface area contributed by atoms with Gasteiger partial charge in [-0.2, -0.15) is 5.10 Å². The van der Waals surface area contributed by atoms with Crippen LogP contribution in [-0.2, 0) is 23.0 Å². The third-order valence-electron chi connectivity index (χ3n) is 5.30. The summed E-state index contributed by atoms with van der Waals surface area (Å²) in [4.78, 5) is 0.296. The van der Waals surface area contributed by atoms with Crippen LogP contribution in [0.1, 0.15) is 22.5 Å². The molecule has 152 valence electrons. The predicted molar refractivity (Wildman–Crippen MR) is 113 cm³/mol. The summed E-state index contributed by atoms with van der Waals surface area (Å²) in [5, 5.41) is 4.48. The van der Waals surface area contributed by atoms with Gasteiger partial charge < -0.3 is 4.74 Å². The lowest BCUT2D eigenvalue weighted by molar-refractivity contribution is 0.289. The number of hydrogen-bond acceptors (Lipinski definition) is 4. The maximum Gasteiger partial charge on any atom is 0.268 e. The lowest BCUT2D eigenvalue weighted by Crippen LogP contribution is -2.30. The van der Waals surface area contributed by atoms with Crippen LogP contribution >= 0.6 is 0 Å².